The molecule has 9 heteroatoms. The van der Waals surface area contributed by atoms with E-state index in [2.05, 4.69) is 29.6 Å². The molecule has 2 aromatic carbocycles. The Hall–Kier alpha value is -4.50. The summed E-state index contributed by atoms with van der Waals surface area (Å²) in [6.45, 7) is 5.47. The van der Waals surface area contributed by atoms with E-state index in [4.69, 9.17) is 24.4 Å². The van der Waals surface area contributed by atoms with Crippen molar-refractivity contribution >= 4 is 23.0 Å². The van der Waals surface area contributed by atoms with Gasteiger partial charge in [0.15, 0.2) is 11.0 Å². The number of ether oxygens (including phenoxy) is 3. The summed E-state index contributed by atoms with van der Waals surface area (Å²) in [7, 11) is 0. The van der Waals surface area contributed by atoms with Crippen LogP contribution < -0.4 is 21.2 Å². The van der Waals surface area contributed by atoms with E-state index in [1.54, 1.807) is 13.0 Å². The Kier molecular flexibility index (Phi) is 6.45. The minimum absolute atomic E-state index is 0.0116. The van der Waals surface area contributed by atoms with E-state index in [-0.39, 0.29) is 40.2 Å². The highest BCUT2D eigenvalue weighted by Crippen LogP contribution is 2.54. The van der Waals surface area contributed by atoms with Gasteiger partial charge < -0.3 is 34.8 Å². The maximum Gasteiger partial charge on any atom is 0.341 e. The van der Waals surface area contributed by atoms with Gasteiger partial charge in [0, 0.05) is 23.6 Å². The number of dihydropyridines is 1. The molecule has 2 fully saturated rings. The normalized spacial score (nSPS) is 29.1. The minimum atomic E-state index is -1.02. The van der Waals surface area contributed by atoms with Gasteiger partial charge in [0.05, 0.1) is 18.0 Å². The molecule has 1 aliphatic carbocycles. The van der Waals surface area contributed by atoms with E-state index in [9.17, 15) is 14.7 Å². The first-order chi connectivity index (χ1) is 22.1. The molecule has 3 aromatic rings. The number of fused-ring (bicyclic) bond motifs is 7. The lowest BCUT2D eigenvalue weighted by molar-refractivity contribution is -0.170. The van der Waals surface area contributed by atoms with Gasteiger partial charge in [-0.15, -0.1) is 0 Å². The van der Waals surface area contributed by atoms with Crippen LogP contribution in [0.3, 0.4) is 0 Å². The van der Waals surface area contributed by atoms with Gasteiger partial charge in [0.25, 0.3) is 0 Å². The van der Waals surface area contributed by atoms with Crippen LogP contribution in [0.25, 0.3) is 17.0 Å². The number of hydrogen-bond acceptors (Lipinski definition) is 9. The van der Waals surface area contributed by atoms with Crippen molar-refractivity contribution in [1.29, 1.82) is 0 Å². The first kappa shape index (κ1) is 28.9. The van der Waals surface area contributed by atoms with Gasteiger partial charge in [-0.2, -0.15) is 0 Å². The molecule has 46 heavy (non-hydrogen) atoms. The van der Waals surface area contributed by atoms with Crippen molar-refractivity contribution < 1.29 is 28.5 Å². The fraction of sp³-hybridized carbons (Fsp3) is 0.405. The van der Waals surface area contributed by atoms with Crippen molar-refractivity contribution in [3.8, 4) is 11.5 Å². The molecular weight excluding hydrogens is 584 g/mol. The van der Waals surface area contributed by atoms with Crippen LogP contribution in [0.4, 0.5) is 0 Å². The Morgan fingerprint density at radius 1 is 1.11 bits per heavy atom. The summed E-state index contributed by atoms with van der Waals surface area (Å²) >= 11 is 0. The zero-order valence-corrected chi connectivity index (χ0v) is 26.2. The maximum absolute atomic E-state index is 14.0. The van der Waals surface area contributed by atoms with E-state index in [0.29, 0.717) is 48.6 Å². The largest absolute Gasteiger partial charge is 0.507 e. The van der Waals surface area contributed by atoms with Crippen LogP contribution in [-0.4, -0.2) is 34.5 Å². The number of carbonyl (C=O) groups excluding carboxylic acids is 1. The molecule has 5 heterocycles. The average Bonchev–Trinajstić information content (AvgIpc) is 3.71. The van der Waals surface area contributed by atoms with Crippen LogP contribution in [0.15, 0.2) is 74.7 Å². The number of allylic oxidation sites excluding steroid dienone is 2. The zero-order valence-electron chi connectivity index (χ0n) is 26.2. The standard InChI is InChI=1S/C37H38N2O7/c1-19-16-25(40)31-26(43-19)18-27-30(33(31)41)24-10-6-7-15-37(35(42)44-34(24)36(2,3)45-27)28(46-37)14-12-21-17-29(38)39-32-22-9-5-4-8-20(22)11-13-23(21)32/h4-5,8-9,11,13,16-18,24,28,32,34,39,41H,6-7,10,12,14-15,38H2,1-3H3/t24-,28+,32?,34+,37-/m0/s1. The number of phenols is 1. The summed E-state index contributed by atoms with van der Waals surface area (Å²) in [4.78, 5) is 26.9. The summed E-state index contributed by atoms with van der Waals surface area (Å²) in [5.41, 5.74) is 9.52. The molecule has 1 aromatic heterocycles. The third-order valence-corrected chi connectivity index (χ3v) is 10.4. The zero-order chi connectivity index (χ0) is 32.0. The van der Waals surface area contributed by atoms with Crippen LogP contribution >= 0.6 is 0 Å². The SMILES string of the molecule is Cc1cc(=O)c2c(O)c3c(cc2o1)OC(C)(C)[C@@H]1OC(=O)[C@@]2(CCCC[C@@H]31)O[C@@H]2CCC1=C2C=Cc3ccccc3C2NC(N)=C1. The van der Waals surface area contributed by atoms with Gasteiger partial charge in [-0.1, -0.05) is 42.8 Å². The number of nitrogens with two attached hydrogens (primary N) is 1. The topological polar surface area (TPSA) is 137 Å². The Morgan fingerprint density at radius 3 is 2.78 bits per heavy atom. The minimum Gasteiger partial charge on any atom is -0.507 e. The highest BCUT2D eigenvalue weighted by atomic mass is 16.7. The van der Waals surface area contributed by atoms with E-state index < -0.39 is 23.3 Å². The number of nitrogens with one attached hydrogen (secondary N) is 1. The molecule has 0 amide bonds. The van der Waals surface area contributed by atoms with Crippen molar-refractivity contribution in [1.82, 2.24) is 5.32 Å². The number of phenolic OH excluding ortho intramolecular Hbond substituents is 1. The Bertz CT molecular complexity index is 1950. The van der Waals surface area contributed by atoms with E-state index in [1.807, 2.05) is 32.1 Å². The summed E-state index contributed by atoms with van der Waals surface area (Å²) in [5.74, 6) is 0.579. The molecule has 8 rings (SSSR count). The van der Waals surface area contributed by atoms with Gasteiger partial charge in [-0.25, -0.2) is 4.79 Å². The fourth-order valence-corrected chi connectivity index (χ4v) is 8.13. The van der Waals surface area contributed by atoms with Crippen LogP contribution in [0.1, 0.15) is 86.8 Å². The third-order valence-electron chi connectivity index (χ3n) is 10.4. The number of hydrogen-bond donors (Lipinski definition) is 3. The molecule has 5 aliphatic rings. The molecule has 2 saturated heterocycles. The molecule has 4 N–H and O–H groups in total. The molecule has 5 atom stereocenters. The van der Waals surface area contributed by atoms with Crippen molar-refractivity contribution in [2.75, 3.05) is 0 Å². The molecule has 1 unspecified atom stereocenters. The predicted molar refractivity (Wildman–Crippen MR) is 172 cm³/mol. The maximum atomic E-state index is 14.0. The lowest BCUT2D eigenvalue weighted by Gasteiger charge is -2.44. The molecule has 1 spiro atoms. The number of benzene rings is 2. The molecular formula is C37H38N2O7. The predicted octanol–water partition coefficient (Wildman–Crippen LogP) is 5.93. The highest BCUT2D eigenvalue weighted by Gasteiger charge is 2.64. The molecule has 0 saturated carbocycles. The number of aromatic hydroxyl groups is 1. The van der Waals surface area contributed by atoms with Crippen LogP contribution in [-0.2, 0) is 14.3 Å². The number of epoxide rings is 1. The molecule has 4 aliphatic heterocycles. The summed E-state index contributed by atoms with van der Waals surface area (Å²) in [6, 6.07) is 11.3. The van der Waals surface area contributed by atoms with Crippen molar-refractivity contribution in [2.45, 2.75) is 94.7 Å². The lowest BCUT2D eigenvalue weighted by Crippen LogP contribution is -2.52. The summed E-state index contributed by atoms with van der Waals surface area (Å²) < 4.78 is 24.8. The monoisotopic (exact) mass is 622 g/mol. The summed E-state index contributed by atoms with van der Waals surface area (Å²) in [5, 5.41) is 15.0. The van der Waals surface area contributed by atoms with E-state index in [1.165, 1.54) is 22.8 Å². The number of aryl methyl sites for hydroxylation is 1. The molecule has 238 valence electrons. The fourth-order valence-electron chi connectivity index (χ4n) is 8.13. The molecule has 9 nitrogen and oxygen atoms in total. The number of esters is 1. The van der Waals surface area contributed by atoms with Crippen molar-refractivity contribution in [3.63, 3.8) is 0 Å². The lowest BCUT2D eigenvalue weighted by atomic mass is 9.77. The number of rotatable bonds is 3. The van der Waals surface area contributed by atoms with Crippen molar-refractivity contribution in [3.05, 3.63) is 98.2 Å². The van der Waals surface area contributed by atoms with E-state index >= 15 is 0 Å². The average molecular weight is 623 g/mol. The van der Waals surface area contributed by atoms with Crippen LogP contribution in [0.2, 0.25) is 0 Å². The molecule has 0 bridgehead atoms. The van der Waals surface area contributed by atoms with Gasteiger partial charge in [0.1, 0.15) is 39.9 Å². The Balaban J connectivity index is 1.06. The van der Waals surface area contributed by atoms with Gasteiger partial charge in [-0.3, -0.25) is 4.79 Å². The van der Waals surface area contributed by atoms with Crippen molar-refractivity contribution in [2.24, 2.45) is 5.73 Å². The Labute approximate surface area is 266 Å². The summed E-state index contributed by atoms with van der Waals surface area (Å²) in [6.07, 6.45) is 9.41. The second-order valence-electron chi connectivity index (χ2n) is 13.8. The smallest absolute Gasteiger partial charge is 0.341 e. The Morgan fingerprint density at radius 2 is 1.93 bits per heavy atom. The molecule has 0 radical (unpaired) electrons. The van der Waals surface area contributed by atoms with Gasteiger partial charge >= 0.3 is 5.97 Å². The number of carbonyl (C=O) groups is 1. The van der Waals surface area contributed by atoms with Gasteiger partial charge in [-0.05, 0) is 81.2 Å². The van der Waals surface area contributed by atoms with E-state index in [0.717, 1.165) is 18.4 Å². The van der Waals surface area contributed by atoms with Crippen LogP contribution in [0.5, 0.6) is 11.5 Å². The second kappa shape index (κ2) is 10.3. The van der Waals surface area contributed by atoms with Crippen LogP contribution in [0, 0.1) is 6.92 Å². The quantitative estimate of drug-likeness (QED) is 0.240. The first-order valence-corrected chi connectivity index (χ1v) is 16.2. The second-order valence-corrected chi connectivity index (χ2v) is 13.8. The highest BCUT2D eigenvalue weighted by molar-refractivity contribution is 5.88. The van der Waals surface area contributed by atoms with Gasteiger partial charge in [0.2, 0.25) is 0 Å². The first-order valence-electron chi connectivity index (χ1n) is 16.2. The third kappa shape index (κ3) is 4.47.